The molecule has 0 atom stereocenters. The largest absolute Gasteiger partial charge is 0.493 e. The van der Waals surface area contributed by atoms with E-state index in [0.717, 1.165) is 11.6 Å². The highest BCUT2D eigenvalue weighted by atomic mass is 16.5. The van der Waals surface area contributed by atoms with Crippen LogP contribution in [0, 0.1) is 0 Å². The molecular weight excluding hydrogens is 176 g/mol. The third-order valence-corrected chi connectivity index (χ3v) is 2.87. The topological polar surface area (TPSA) is 34.1 Å². The summed E-state index contributed by atoms with van der Waals surface area (Å²) in [6.07, 6.45) is 5.52. The SMILES string of the molecule is COc1cccnc1NC1(C)CCC1. The minimum atomic E-state index is 0.224. The van der Waals surface area contributed by atoms with Crippen LogP contribution in [0.5, 0.6) is 5.75 Å². The minimum absolute atomic E-state index is 0.224. The molecule has 3 nitrogen and oxygen atoms in total. The van der Waals surface area contributed by atoms with Gasteiger partial charge in [0.25, 0.3) is 0 Å². The lowest BCUT2D eigenvalue weighted by atomic mass is 9.78. The first-order valence-electron chi connectivity index (χ1n) is 5.01. The number of aromatic nitrogens is 1. The summed E-state index contributed by atoms with van der Waals surface area (Å²) >= 11 is 0. The van der Waals surface area contributed by atoms with Gasteiger partial charge in [0, 0.05) is 11.7 Å². The zero-order valence-electron chi connectivity index (χ0n) is 8.71. The number of anilines is 1. The zero-order valence-corrected chi connectivity index (χ0v) is 8.71. The van der Waals surface area contributed by atoms with Crippen LogP contribution < -0.4 is 10.1 Å². The minimum Gasteiger partial charge on any atom is -0.493 e. The molecule has 1 saturated carbocycles. The first-order chi connectivity index (χ1) is 6.73. The Bertz CT molecular complexity index is 321. The predicted molar refractivity (Wildman–Crippen MR) is 56.7 cm³/mol. The Hall–Kier alpha value is -1.25. The van der Waals surface area contributed by atoms with Gasteiger partial charge in [-0.2, -0.15) is 0 Å². The van der Waals surface area contributed by atoms with E-state index in [2.05, 4.69) is 17.2 Å². The van der Waals surface area contributed by atoms with Crippen LogP contribution in [0.3, 0.4) is 0 Å². The number of hydrogen-bond donors (Lipinski definition) is 1. The fourth-order valence-corrected chi connectivity index (χ4v) is 1.77. The van der Waals surface area contributed by atoms with E-state index >= 15 is 0 Å². The molecule has 0 amide bonds. The van der Waals surface area contributed by atoms with Crippen LogP contribution >= 0.6 is 0 Å². The van der Waals surface area contributed by atoms with Gasteiger partial charge in [-0.3, -0.25) is 0 Å². The lowest BCUT2D eigenvalue weighted by Crippen LogP contribution is -2.41. The first kappa shape index (κ1) is 9.31. The number of ether oxygens (including phenoxy) is 1. The first-order valence-corrected chi connectivity index (χ1v) is 5.01. The van der Waals surface area contributed by atoms with Gasteiger partial charge in [-0.25, -0.2) is 4.98 Å². The predicted octanol–water partition coefficient (Wildman–Crippen LogP) is 2.44. The Kier molecular flexibility index (Phi) is 2.32. The van der Waals surface area contributed by atoms with E-state index in [0.29, 0.717) is 0 Å². The van der Waals surface area contributed by atoms with Crippen molar-refractivity contribution in [1.82, 2.24) is 4.98 Å². The molecule has 0 spiro atoms. The summed E-state index contributed by atoms with van der Waals surface area (Å²) in [5, 5.41) is 3.44. The molecule has 0 saturated heterocycles. The third-order valence-electron chi connectivity index (χ3n) is 2.87. The molecule has 0 unspecified atom stereocenters. The number of nitrogens with zero attached hydrogens (tertiary/aromatic N) is 1. The van der Waals surface area contributed by atoms with Crippen molar-refractivity contribution in [1.29, 1.82) is 0 Å². The summed E-state index contributed by atoms with van der Waals surface area (Å²) in [6, 6.07) is 3.81. The van der Waals surface area contributed by atoms with Gasteiger partial charge in [0.15, 0.2) is 11.6 Å². The average Bonchev–Trinajstić information content (AvgIpc) is 2.16. The molecular formula is C11H16N2O. The second-order valence-electron chi connectivity index (χ2n) is 4.09. The molecule has 1 N–H and O–H groups in total. The van der Waals surface area contributed by atoms with Crippen molar-refractivity contribution >= 4 is 5.82 Å². The van der Waals surface area contributed by atoms with Crippen molar-refractivity contribution in [3.63, 3.8) is 0 Å². The van der Waals surface area contributed by atoms with Crippen LogP contribution in [-0.2, 0) is 0 Å². The third kappa shape index (κ3) is 1.67. The van der Waals surface area contributed by atoms with Crippen LogP contribution in [-0.4, -0.2) is 17.6 Å². The molecule has 1 heterocycles. The molecule has 14 heavy (non-hydrogen) atoms. The number of rotatable bonds is 3. The number of pyridine rings is 1. The van der Waals surface area contributed by atoms with Gasteiger partial charge in [-0.15, -0.1) is 0 Å². The second kappa shape index (κ2) is 3.48. The highest BCUT2D eigenvalue weighted by molar-refractivity contribution is 5.51. The van der Waals surface area contributed by atoms with E-state index in [1.807, 2.05) is 12.1 Å². The lowest BCUT2D eigenvalue weighted by molar-refractivity contribution is 0.303. The van der Waals surface area contributed by atoms with E-state index in [1.54, 1.807) is 13.3 Å². The second-order valence-corrected chi connectivity index (χ2v) is 4.09. The molecule has 1 fully saturated rings. The molecule has 76 valence electrons. The monoisotopic (exact) mass is 192 g/mol. The van der Waals surface area contributed by atoms with E-state index in [1.165, 1.54) is 19.3 Å². The maximum atomic E-state index is 5.23. The van der Waals surface area contributed by atoms with E-state index in [-0.39, 0.29) is 5.54 Å². The number of nitrogens with one attached hydrogen (secondary N) is 1. The molecule has 2 rings (SSSR count). The zero-order chi connectivity index (χ0) is 10.0. The summed E-state index contributed by atoms with van der Waals surface area (Å²) < 4.78 is 5.23. The molecule has 1 aromatic heterocycles. The standard InChI is InChI=1S/C11H16N2O/c1-11(6-4-7-11)13-10-9(14-2)5-3-8-12-10/h3,5,8H,4,6-7H2,1-2H3,(H,12,13). The Morgan fingerprint density at radius 3 is 2.86 bits per heavy atom. The van der Waals surface area contributed by atoms with Crippen molar-refractivity contribution in [2.45, 2.75) is 31.7 Å². The Labute approximate surface area is 84.5 Å². The summed E-state index contributed by atoms with van der Waals surface area (Å²) in [5.74, 6) is 1.68. The van der Waals surface area contributed by atoms with Crippen LogP contribution in [0.4, 0.5) is 5.82 Å². The summed E-state index contributed by atoms with van der Waals surface area (Å²) in [7, 11) is 1.67. The van der Waals surface area contributed by atoms with Crippen LogP contribution in [0.1, 0.15) is 26.2 Å². The van der Waals surface area contributed by atoms with Gasteiger partial charge in [0.05, 0.1) is 7.11 Å². The number of methoxy groups -OCH3 is 1. The number of hydrogen-bond acceptors (Lipinski definition) is 3. The van der Waals surface area contributed by atoms with Crippen LogP contribution in [0.15, 0.2) is 18.3 Å². The molecule has 0 bridgehead atoms. The van der Waals surface area contributed by atoms with Gasteiger partial charge in [0.1, 0.15) is 0 Å². The van der Waals surface area contributed by atoms with Crippen LogP contribution in [0.25, 0.3) is 0 Å². The Morgan fingerprint density at radius 1 is 1.50 bits per heavy atom. The Morgan fingerprint density at radius 2 is 2.29 bits per heavy atom. The quantitative estimate of drug-likeness (QED) is 0.798. The molecule has 3 heteroatoms. The average molecular weight is 192 g/mol. The maximum Gasteiger partial charge on any atom is 0.169 e. The summed E-state index contributed by atoms with van der Waals surface area (Å²) in [6.45, 7) is 2.23. The molecule has 1 aromatic rings. The van der Waals surface area contributed by atoms with Crippen molar-refractivity contribution in [2.24, 2.45) is 0 Å². The smallest absolute Gasteiger partial charge is 0.169 e. The summed E-state index contributed by atoms with van der Waals surface area (Å²) in [5.41, 5.74) is 0.224. The normalized spacial score (nSPS) is 18.4. The van der Waals surface area contributed by atoms with Gasteiger partial charge in [-0.05, 0) is 38.3 Å². The van der Waals surface area contributed by atoms with Gasteiger partial charge >= 0.3 is 0 Å². The maximum absolute atomic E-state index is 5.23. The lowest BCUT2D eigenvalue weighted by Gasteiger charge is -2.39. The van der Waals surface area contributed by atoms with Crippen LogP contribution in [0.2, 0.25) is 0 Å². The Balaban J connectivity index is 2.15. The van der Waals surface area contributed by atoms with Gasteiger partial charge < -0.3 is 10.1 Å². The van der Waals surface area contributed by atoms with Gasteiger partial charge in [0.2, 0.25) is 0 Å². The van der Waals surface area contributed by atoms with Crippen molar-refractivity contribution in [2.75, 3.05) is 12.4 Å². The fraction of sp³-hybridized carbons (Fsp3) is 0.545. The molecule has 0 aromatic carbocycles. The molecule has 1 aliphatic rings. The summed E-state index contributed by atoms with van der Waals surface area (Å²) in [4.78, 5) is 4.28. The highest BCUT2D eigenvalue weighted by Crippen LogP contribution is 2.36. The van der Waals surface area contributed by atoms with Gasteiger partial charge in [-0.1, -0.05) is 0 Å². The molecule has 1 aliphatic carbocycles. The fourth-order valence-electron chi connectivity index (χ4n) is 1.77. The van der Waals surface area contributed by atoms with Crippen molar-refractivity contribution < 1.29 is 4.74 Å². The molecule has 0 aliphatic heterocycles. The van der Waals surface area contributed by atoms with E-state index in [4.69, 9.17) is 4.74 Å². The van der Waals surface area contributed by atoms with Crippen molar-refractivity contribution in [3.05, 3.63) is 18.3 Å². The van der Waals surface area contributed by atoms with Crippen molar-refractivity contribution in [3.8, 4) is 5.75 Å². The highest BCUT2D eigenvalue weighted by Gasteiger charge is 2.32. The molecule has 0 radical (unpaired) electrons. The van der Waals surface area contributed by atoms with E-state index < -0.39 is 0 Å². The van der Waals surface area contributed by atoms with E-state index in [9.17, 15) is 0 Å².